The van der Waals surface area contributed by atoms with Crippen LogP contribution < -0.4 is 5.73 Å². The molecule has 1 aromatic carbocycles. The van der Waals surface area contributed by atoms with Crippen LogP contribution in [0.25, 0.3) is 10.9 Å². The lowest BCUT2D eigenvalue weighted by atomic mass is 10.2. The number of hydrogen-bond donors (Lipinski definition) is 1. The van der Waals surface area contributed by atoms with Crippen molar-refractivity contribution in [3.05, 3.63) is 29.7 Å². The summed E-state index contributed by atoms with van der Waals surface area (Å²) in [6.45, 7) is -2.96. The van der Waals surface area contributed by atoms with Crippen LogP contribution in [0.4, 0.5) is 13.2 Å². The van der Waals surface area contributed by atoms with E-state index >= 15 is 0 Å². The highest BCUT2D eigenvalue weighted by Crippen LogP contribution is 2.23. The molecule has 0 fully saturated rings. The van der Waals surface area contributed by atoms with Gasteiger partial charge in [-0.15, -0.1) is 0 Å². The van der Waals surface area contributed by atoms with Gasteiger partial charge in [0, 0.05) is 11.5 Å². The molecular weight excluding hydrogens is 223 g/mol. The van der Waals surface area contributed by atoms with Crippen LogP contribution in [0.3, 0.4) is 0 Å². The van der Waals surface area contributed by atoms with Gasteiger partial charge in [-0.3, -0.25) is 4.79 Å². The third kappa shape index (κ3) is 1.50. The molecule has 16 heavy (non-hydrogen) atoms. The Balaban J connectivity index is 2.81. The van der Waals surface area contributed by atoms with Gasteiger partial charge in [-0.25, -0.2) is 9.07 Å². The van der Waals surface area contributed by atoms with Gasteiger partial charge in [-0.05, 0) is 12.1 Å². The summed E-state index contributed by atoms with van der Waals surface area (Å²) in [6.07, 6.45) is 0. The molecule has 7 heteroatoms. The van der Waals surface area contributed by atoms with Gasteiger partial charge in [0.05, 0.1) is 5.52 Å². The lowest BCUT2D eigenvalue weighted by Gasteiger charge is -1.99. The van der Waals surface area contributed by atoms with Gasteiger partial charge < -0.3 is 5.73 Å². The minimum Gasteiger partial charge on any atom is -0.364 e. The number of aromatic nitrogens is 2. The monoisotopic (exact) mass is 229 g/mol. The Morgan fingerprint density at radius 1 is 1.44 bits per heavy atom. The first kappa shape index (κ1) is 10.5. The molecule has 0 aliphatic carbocycles. The number of carbonyl (C=O) groups excluding carboxylic acids is 1. The maximum absolute atomic E-state index is 12.9. The summed E-state index contributed by atoms with van der Waals surface area (Å²) < 4.78 is 38.2. The average Bonchev–Trinajstić information content (AvgIpc) is 2.56. The number of benzene rings is 1. The van der Waals surface area contributed by atoms with Gasteiger partial charge in [0.2, 0.25) is 0 Å². The Labute approximate surface area is 87.4 Å². The number of nitrogens with zero attached hydrogens (tertiary/aromatic N) is 2. The molecule has 1 heterocycles. The Morgan fingerprint density at radius 3 is 2.69 bits per heavy atom. The van der Waals surface area contributed by atoms with E-state index in [2.05, 4.69) is 5.10 Å². The van der Waals surface area contributed by atoms with Crippen LogP contribution >= 0.6 is 0 Å². The zero-order valence-electron chi connectivity index (χ0n) is 7.82. The van der Waals surface area contributed by atoms with Crippen LogP contribution in [0.5, 0.6) is 0 Å². The third-order valence-electron chi connectivity index (χ3n) is 2.09. The predicted molar refractivity (Wildman–Crippen MR) is 49.5 cm³/mol. The smallest absolute Gasteiger partial charge is 0.333 e. The molecule has 0 saturated heterocycles. The van der Waals surface area contributed by atoms with Crippen molar-refractivity contribution in [1.29, 1.82) is 0 Å². The second-order valence-electron chi connectivity index (χ2n) is 3.10. The number of halogens is 3. The molecule has 0 aliphatic rings. The fourth-order valence-electron chi connectivity index (χ4n) is 1.44. The SMILES string of the molecule is NC(=O)c1nn(C(F)F)c2cc(F)ccc12. The molecule has 0 bridgehead atoms. The molecule has 0 atom stereocenters. The summed E-state index contributed by atoms with van der Waals surface area (Å²) >= 11 is 0. The molecular formula is C9H6F3N3O. The molecule has 2 N–H and O–H groups in total. The van der Waals surface area contributed by atoms with E-state index in [1.54, 1.807) is 0 Å². The van der Waals surface area contributed by atoms with Crippen LogP contribution in [0.15, 0.2) is 18.2 Å². The lowest BCUT2D eigenvalue weighted by Crippen LogP contribution is -2.13. The van der Waals surface area contributed by atoms with Crippen molar-refractivity contribution >= 4 is 16.8 Å². The van der Waals surface area contributed by atoms with Gasteiger partial charge in [-0.1, -0.05) is 0 Å². The lowest BCUT2D eigenvalue weighted by molar-refractivity contribution is 0.0608. The molecule has 2 rings (SSSR count). The highest BCUT2D eigenvalue weighted by molar-refractivity contribution is 6.04. The number of amides is 1. The number of hydrogen-bond acceptors (Lipinski definition) is 2. The number of rotatable bonds is 2. The largest absolute Gasteiger partial charge is 0.364 e. The Bertz CT molecular complexity index is 564. The molecule has 1 amide bonds. The van der Waals surface area contributed by atoms with E-state index < -0.39 is 18.3 Å². The van der Waals surface area contributed by atoms with E-state index in [9.17, 15) is 18.0 Å². The van der Waals surface area contributed by atoms with Crippen molar-refractivity contribution in [3.8, 4) is 0 Å². The van der Waals surface area contributed by atoms with Gasteiger partial charge in [0.25, 0.3) is 5.91 Å². The van der Waals surface area contributed by atoms with Crippen molar-refractivity contribution < 1.29 is 18.0 Å². The maximum Gasteiger partial charge on any atom is 0.333 e. The number of nitrogens with two attached hydrogens (primary N) is 1. The summed E-state index contributed by atoms with van der Waals surface area (Å²) in [7, 11) is 0. The number of carbonyl (C=O) groups is 1. The van der Waals surface area contributed by atoms with E-state index in [0.29, 0.717) is 0 Å². The molecule has 0 unspecified atom stereocenters. The van der Waals surface area contributed by atoms with Gasteiger partial charge in [-0.2, -0.15) is 13.9 Å². The summed E-state index contributed by atoms with van der Waals surface area (Å²) in [5, 5.41) is 3.46. The molecule has 1 aromatic heterocycles. The standard InChI is InChI=1S/C9H6F3N3O/c10-4-1-2-5-6(3-4)15(9(11)12)14-7(5)8(13)16/h1-3,9H,(H2,13,16). The summed E-state index contributed by atoms with van der Waals surface area (Å²) in [5.74, 6) is -1.62. The summed E-state index contributed by atoms with van der Waals surface area (Å²) in [5.41, 5.74) is 4.52. The van der Waals surface area contributed by atoms with E-state index in [0.717, 1.165) is 12.1 Å². The fraction of sp³-hybridized carbons (Fsp3) is 0.111. The molecule has 0 saturated carbocycles. The molecule has 0 aliphatic heterocycles. The maximum atomic E-state index is 12.9. The van der Waals surface area contributed by atoms with E-state index in [-0.39, 0.29) is 21.3 Å². The summed E-state index contributed by atoms with van der Waals surface area (Å²) in [6, 6.07) is 3.11. The molecule has 0 radical (unpaired) electrons. The van der Waals surface area contributed by atoms with Crippen LogP contribution in [0.1, 0.15) is 17.0 Å². The summed E-state index contributed by atoms with van der Waals surface area (Å²) in [4.78, 5) is 10.9. The highest BCUT2D eigenvalue weighted by Gasteiger charge is 2.19. The molecule has 2 aromatic rings. The van der Waals surface area contributed by atoms with Crippen molar-refractivity contribution in [2.24, 2.45) is 5.73 Å². The normalized spacial score (nSPS) is 11.2. The van der Waals surface area contributed by atoms with Crippen molar-refractivity contribution in [1.82, 2.24) is 9.78 Å². The fourth-order valence-corrected chi connectivity index (χ4v) is 1.44. The van der Waals surface area contributed by atoms with Crippen molar-refractivity contribution in [3.63, 3.8) is 0 Å². The van der Waals surface area contributed by atoms with Crippen LogP contribution in [-0.4, -0.2) is 15.7 Å². The van der Waals surface area contributed by atoms with Crippen LogP contribution in [-0.2, 0) is 0 Å². The Hall–Kier alpha value is -2.05. The molecule has 84 valence electrons. The second kappa shape index (κ2) is 3.51. The molecule has 4 nitrogen and oxygen atoms in total. The zero-order chi connectivity index (χ0) is 11.9. The van der Waals surface area contributed by atoms with Gasteiger partial charge in [0.1, 0.15) is 5.82 Å². The number of primary amides is 1. The van der Waals surface area contributed by atoms with Crippen molar-refractivity contribution in [2.75, 3.05) is 0 Å². The Morgan fingerprint density at radius 2 is 2.12 bits per heavy atom. The van der Waals surface area contributed by atoms with Crippen LogP contribution in [0, 0.1) is 5.82 Å². The first-order valence-corrected chi connectivity index (χ1v) is 4.26. The minimum absolute atomic E-state index is 0.106. The first-order chi connectivity index (χ1) is 7.50. The van der Waals surface area contributed by atoms with E-state index in [1.807, 2.05) is 0 Å². The first-order valence-electron chi connectivity index (χ1n) is 4.26. The third-order valence-corrected chi connectivity index (χ3v) is 2.09. The minimum atomic E-state index is -2.96. The van der Waals surface area contributed by atoms with Gasteiger partial charge in [0.15, 0.2) is 5.69 Å². The topological polar surface area (TPSA) is 60.9 Å². The van der Waals surface area contributed by atoms with Crippen molar-refractivity contribution in [2.45, 2.75) is 6.55 Å². The molecule has 0 spiro atoms. The van der Waals surface area contributed by atoms with Crippen LogP contribution in [0.2, 0.25) is 0 Å². The van der Waals surface area contributed by atoms with E-state index in [1.165, 1.54) is 6.07 Å². The quantitative estimate of drug-likeness (QED) is 0.851. The number of fused-ring (bicyclic) bond motifs is 1. The highest BCUT2D eigenvalue weighted by atomic mass is 19.3. The van der Waals surface area contributed by atoms with Gasteiger partial charge >= 0.3 is 6.55 Å². The predicted octanol–water partition coefficient (Wildman–Crippen LogP) is 1.67. The van der Waals surface area contributed by atoms with E-state index in [4.69, 9.17) is 5.73 Å². The second-order valence-corrected chi connectivity index (χ2v) is 3.10. The average molecular weight is 229 g/mol. The zero-order valence-corrected chi connectivity index (χ0v) is 7.82. The Kier molecular flexibility index (Phi) is 2.30. The number of alkyl halides is 2.